The number of nitrogens with one attached hydrogen (secondary N) is 1. The molecule has 0 saturated carbocycles. The van der Waals surface area contributed by atoms with E-state index in [2.05, 4.69) is 19.2 Å². The average molecular weight is 277 g/mol. The number of nitrogens with zero attached hydrogens (tertiary/aromatic N) is 2. The van der Waals surface area contributed by atoms with Crippen LogP contribution in [0.15, 0.2) is 18.2 Å². The molecule has 1 aliphatic rings. The number of likely N-dealkylation sites (tertiary alicyclic amines) is 1. The van der Waals surface area contributed by atoms with Crippen molar-refractivity contribution in [1.29, 1.82) is 0 Å². The maximum atomic E-state index is 12.6. The minimum absolute atomic E-state index is 0.0624. The lowest BCUT2D eigenvalue weighted by Gasteiger charge is -2.18. The van der Waals surface area contributed by atoms with Gasteiger partial charge in [-0.15, -0.1) is 0 Å². The first-order valence-electron chi connectivity index (χ1n) is 6.69. The monoisotopic (exact) mass is 277 g/mol. The summed E-state index contributed by atoms with van der Waals surface area (Å²) in [5.41, 5.74) is 0.920. The van der Waals surface area contributed by atoms with Crippen LogP contribution in [0.1, 0.15) is 24.2 Å². The number of nitro benzene ring substituents is 1. The van der Waals surface area contributed by atoms with Crippen LogP contribution < -0.4 is 5.32 Å². The van der Waals surface area contributed by atoms with Crippen molar-refractivity contribution < 1.29 is 9.72 Å². The molecule has 0 aromatic heterocycles. The SMILES string of the molecule is CNc1ccc([N+](=O)[O-])cc1C(=O)N1CC(C)C(C)C1. The number of anilines is 1. The van der Waals surface area contributed by atoms with Crippen molar-refractivity contribution in [3.8, 4) is 0 Å². The first-order chi connectivity index (χ1) is 9.43. The van der Waals surface area contributed by atoms with E-state index in [1.807, 2.05) is 0 Å². The standard InChI is InChI=1S/C14H19N3O3/c1-9-7-16(8-10(9)2)14(18)12-6-11(17(19)20)4-5-13(12)15-3/h4-6,9-10,15H,7-8H2,1-3H3. The van der Waals surface area contributed by atoms with Crippen LogP contribution in [-0.2, 0) is 0 Å². The molecule has 0 bridgehead atoms. The number of non-ortho nitro benzene ring substituents is 1. The minimum atomic E-state index is -0.481. The second-order valence-corrected chi connectivity index (χ2v) is 5.40. The Hall–Kier alpha value is -2.11. The van der Waals surface area contributed by atoms with Crippen LogP contribution in [0, 0.1) is 22.0 Å². The molecule has 1 fully saturated rings. The summed E-state index contributed by atoms with van der Waals surface area (Å²) in [6.45, 7) is 5.63. The second-order valence-electron chi connectivity index (χ2n) is 5.40. The summed E-state index contributed by atoms with van der Waals surface area (Å²) in [7, 11) is 1.70. The Morgan fingerprint density at radius 3 is 2.45 bits per heavy atom. The summed E-state index contributed by atoms with van der Waals surface area (Å²) in [6.07, 6.45) is 0. The third kappa shape index (κ3) is 2.59. The van der Waals surface area contributed by atoms with E-state index in [0.717, 1.165) is 0 Å². The molecule has 0 aliphatic carbocycles. The van der Waals surface area contributed by atoms with Crippen LogP contribution in [0.3, 0.4) is 0 Å². The maximum Gasteiger partial charge on any atom is 0.270 e. The number of benzene rings is 1. The van der Waals surface area contributed by atoms with Crippen molar-refractivity contribution in [2.24, 2.45) is 11.8 Å². The molecule has 0 spiro atoms. The van der Waals surface area contributed by atoms with Crippen LogP contribution in [0.4, 0.5) is 11.4 Å². The molecule has 108 valence electrons. The second kappa shape index (κ2) is 5.48. The maximum absolute atomic E-state index is 12.6. The molecule has 2 rings (SSSR count). The van der Waals surface area contributed by atoms with Gasteiger partial charge >= 0.3 is 0 Å². The number of hydrogen-bond donors (Lipinski definition) is 1. The van der Waals surface area contributed by atoms with Gasteiger partial charge in [0.25, 0.3) is 11.6 Å². The minimum Gasteiger partial charge on any atom is -0.387 e. The van der Waals surface area contributed by atoms with Gasteiger partial charge in [0.1, 0.15) is 0 Å². The molecule has 1 aromatic carbocycles. The van der Waals surface area contributed by atoms with Crippen LogP contribution in [0.5, 0.6) is 0 Å². The van der Waals surface area contributed by atoms with Gasteiger partial charge in [-0.2, -0.15) is 0 Å². The molecule has 6 nitrogen and oxygen atoms in total. The van der Waals surface area contributed by atoms with Gasteiger partial charge in [-0.3, -0.25) is 14.9 Å². The lowest BCUT2D eigenvalue weighted by atomic mass is 10.0. The van der Waals surface area contributed by atoms with Crippen molar-refractivity contribution in [3.05, 3.63) is 33.9 Å². The first-order valence-corrected chi connectivity index (χ1v) is 6.69. The Labute approximate surface area is 117 Å². The predicted molar refractivity (Wildman–Crippen MR) is 76.9 cm³/mol. The van der Waals surface area contributed by atoms with Gasteiger partial charge in [0.15, 0.2) is 0 Å². The zero-order valence-electron chi connectivity index (χ0n) is 11.9. The summed E-state index contributed by atoms with van der Waals surface area (Å²) in [6, 6.07) is 4.33. The lowest BCUT2D eigenvalue weighted by Crippen LogP contribution is -2.29. The third-order valence-corrected chi connectivity index (χ3v) is 3.99. The van der Waals surface area contributed by atoms with Gasteiger partial charge in [-0.1, -0.05) is 13.8 Å². The topological polar surface area (TPSA) is 75.5 Å². The van der Waals surface area contributed by atoms with Gasteiger partial charge in [-0.05, 0) is 17.9 Å². The third-order valence-electron chi connectivity index (χ3n) is 3.99. The Bertz CT molecular complexity index is 534. The summed E-state index contributed by atoms with van der Waals surface area (Å²) in [5.74, 6) is 0.764. The van der Waals surface area contributed by atoms with Crippen LogP contribution in [-0.4, -0.2) is 35.9 Å². The van der Waals surface area contributed by atoms with E-state index in [9.17, 15) is 14.9 Å². The fourth-order valence-corrected chi connectivity index (χ4v) is 2.51. The molecular weight excluding hydrogens is 258 g/mol. The molecule has 20 heavy (non-hydrogen) atoms. The van der Waals surface area contributed by atoms with E-state index < -0.39 is 4.92 Å². The fourth-order valence-electron chi connectivity index (χ4n) is 2.51. The molecule has 1 saturated heterocycles. The van der Waals surface area contributed by atoms with E-state index in [-0.39, 0.29) is 11.6 Å². The van der Waals surface area contributed by atoms with Crippen molar-refractivity contribution in [3.63, 3.8) is 0 Å². The molecule has 1 amide bonds. The van der Waals surface area contributed by atoms with E-state index in [1.54, 1.807) is 18.0 Å². The highest BCUT2D eigenvalue weighted by atomic mass is 16.6. The molecule has 1 aliphatic heterocycles. The smallest absolute Gasteiger partial charge is 0.270 e. The van der Waals surface area contributed by atoms with E-state index in [4.69, 9.17) is 0 Å². The summed E-state index contributed by atoms with van der Waals surface area (Å²) in [5, 5.41) is 13.8. The molecule has 2 atom stereocenters. The highest BCUT2D eigenvalue weighted by molar-refractivity contribution is 6.00. The van der Waals surface area contributed by atoms with Gasteiger partial charge in [0.2, 0.25) is 0 Å². The fraction of sp³-hybridized carbons (Fsp3) is 0.500. The molecule has 2 unspecified atom stereocenters. The van der Waals surface area contributed by atoms with Crippen molar-refractivity contribution in [1.82, 2.24) is 4.90 Å². The normalized spacial score (nSPS) is 21.9. The van der Waals surface area contributed by atoms with E-state index in [0.29, 0.717) is 36.2 Å². The first kappa shape index (κ1) is 14.3. The largest absolute Gasteiger partial charge is 0.387 e. The molecule has 0 radical (unpaired) electrons. The summed E-state index contributed by atoms with van der Waals surface area (Å²) in [4.78, 5) is 24.7. The number of nitro groups is 1. The quantitative estimate of drug-likeness (QED) is 0.679. The molecule has 1 N–H and O–H groups in total. The Kier molecular flexibility index (Phi) is 3.92. The zero-order chi connectivity index (χ0) is 14.9. The van der Waals surface area contributed by atoms with Crippen LogP contribution in [0.2, 0.25) is 0 Å². The Morgan fingerprint density at radius 2 is 1.95 bits per heavy atom. The number of amides is 1. The molecular formula is C14H19N3O3. The summed E-state index contributed by atoms with van der Waals surface area (Å²) < 4.78 is 0. The predicted octanol–water partition coefficient (Wildman–Crippen LogP) is 2.36. The van der Waals surface area contributed by atoms with Crippen LogP contribution >= 0.6 is 0 Å². The lowest BCUT2D eigenvalue weighted by molar-refractivity contribution is -0.384. The van der Waals surface area contributed by atoms with Gasteiger partial charge < -0.3 is 10.2 Å². The van der Waals surface area contributed by atoms with E-state index in [1.165, 1.54) is 12.1 Å². The number of carbonyl (C=O) groups is 1. The molecule has 6 heteroatoms. The molecule has 1 heterocycles. The Balaban J connectivity index is 2.33. The average Bonchev–Trinajstić information content (AvgIpc) is 2.77. The number of hydrogen-bond acceptors (Lipinski definition) is 4. The van der Waals surface area contributed by atoms with Gasteiger partial charge in [0.05, 0.1) is 10.5 Å². The molecule has 1 aromatic rings. The van der Waals surface area contributed by atoms with Crippen molar-refractivity contribution in [2.75, 3.05) is 25.5 Å². The van der Waals surface area contributed by atoms with Crippen molar-refractivity contribution >= 4 is 17.3 Å². The van der Waals surface area contributed by atoms with Gasteiger partial charge in [0, 0.05) is 38.0 Å². The summed E-state index contributed by atoms with van der Waals surface area (Å²) >= 11 is 0. The highest BCUT2D eigenvalue weighted by Gasteiger charge is 2.31. The highest BCUT2D eigenvalue weighted by Crippen LogP contribution is 2.28. The Morgan fingerprint density at radius 1 is 1.35 bits per heavy atom. The number of rotatable bonds is 3. The van der Waals surface area contributed by atoms with Crippen molar-refractivity contribution in [2.45, 2.75) is 13.8 Å². The van der Waals surface area contributed by atoms with Gasteiger partial charge in [-0.25, -0.2) is 0 Å². The number of carbonyl (C=O) groups excluding carboxylic acids is 1. The van der Waals surface area contributed by atoms with E-state index >= 15 is 0 Å². The van der Waals surface area contributed by atoms with Crippen LogP contribution in [0.25, 0.3) is 0 Å². The zero-order valence-corrected chi connectivity index (χ0v) is 11.9.